The van der Waals surface area contributed by atoms with Gasteiger partial charge in [0.15, 0.2) is 0 Å². The van der Waals surface area contributed by atoms with E-state index in [-0.39, 0.29) is 29.1 Å². The second-order valence-corrected chi connectivity index (χ2v) is 12.6. The maximum Gasteiger partial charge on any atom is 0.264 e. The fourth-order valence-corrected chi connectivity index (χ4v) is 5.93. The standard InChI is InChI=1S/C30H35Cl2N3O4S/c1-6-22(4)33-30(37)23(5)34(18-24-8-7-9-25(31)16-24)29(36)19-35(28-17-26(32)13-12-21(28)3)40(38,39)27-14-10-20(2)11-15-27/h7-17,22-23H,6,18-19H2,1-5H3,(H,33,37). The Hall–Kier alpha value is -3.07. The molecule has 0 bridgehead atoms. The van der Waals surface area contributed by atoms with Crippen LogP contribution in [0.4, 0.5) is 5.69 Å². The van der Waals surface area contributed by atoms with E-state index >= 15 is 0 Å². The highest BCUT2D eigenvalue weighted by atomic mass is 35.5. The molecule has 2 amide bonds. The first kappa shape index (κ1) is 31.5. The minimum Gasteiger partial charge on any atom is -0.352 e. The van der Waals surface area contributed by atoms with E-state index in [1.165, 1.54) is 23.1 Å². The van der Waals surface area contributed by atoms with Gasteiger partial charge in [-0.2, -0.15) is 0 Å². The molecule has 0 saturated heterocycles. The van der Waals surface area contributed by atoms with Gasteiger partial charge in [0, 0.05) is 22.6 Å². The summed E-state index contributed by atoms with van der Waals surface area (Å²) >= 11 is 12.5. The summed E-state index contributed by atoms with van der Waals surface area (Å²) in [6.45, 7) is 8.58. The lowest BCUT2D eigenvalue weighted by atomic mass is 10.1. The van der Waals surface area contributed by atoms with E-state index in [1.807, 2.05) is 20.8 Å². The summed E-state index contributed by atoms with van der Waals surface area (Å²) < 4.78 is 29.0. The first-order valence-electron chi connectivity index (χ1n) is 13.0. The third-order valence-corrected chi connectivity index (χ3v) is 8.98. The Bertz CT molecular complexity index is 1460. The lowest BCUT2D eigenvalue weighted by Crippen LogP contribution is -2.52. The van der Waals surface area contributed by atoms with Gasteiger partial charge in [-0.15, -0.1) is 0 Å². The van der Waals surface area contributed by atoms with Crippen LogP contribution >= 0.6 is 23.2 Å². The van der Waals surface area contributed by atoms with Crippen molar-refractivity contribution in [3.05, 3.63) is 93.5 Å². The fourth-order valence-electron chi connectivity index (χ4n) is 4.08. The first-order valence-corrected chi connectivity index (χ1v) is 15.2. The van der Waals surface area contributed by atoms with Gasteiger partial charge in [0.1, 0.15) is 12.6 Å². The molecule has 7 nitrogen and oxygen atoms in total. The predicted molar refractivity (Wildman–Crippen MR) is 161 cm³/mol. The number of benzene rings is 3. The van der Waals surface area contributed by atoms with Crippen LogP contribution in [0.2, 0.25) is 10.0 Å². The molecule has 10 heteroatoms. The third-order valence-electron chi connectivity index (χ3n) is 6.74. The molecule has 0 aliphatic heterocycles. The van der Waals surface area contributed by atoms with E-state index < -0.39 is 28.5 Å². The van der Waals surface area contributed by atoms with E-state index in [9.17, 15) is 18.0 Å². The van der Waals surface area contributed by atoms with Crippen molar-refractivity contribution < 1.29 is 18.0 Å². The van der Waals surface area contributed by atoms with Crippen LogP contribution in [-0.2, 0) is 26.2 Å². The lowest BCUT2D eigenvalue weighted by molar-refractivity contribution is -0.139. The highest BCUT2D eigenvalue weighted by Crippen LogP contribution is 2.30. The number of nitrogens with one attached hydrogen (secondary N) is 1. The van der Waals surface area contributed by atoms with Crippen molar-refractivity contribution in [2.45, 2.75) is 64.6 Å². The van der Waals surface area contributed by atoms with Crippen molar-refractivity contribution in [2.24, 2.45) is 0 Å². The summed E-state index contributed by atoms with van der Waals surface area (Å²) in [5.74, 6) is -0.890. The van der Waals surface area contributed by atoms with Crippen LogP contribution < -0.4 is 9.62 Å². The number of hydrogen-bond acceptors (Lipinski definition) is 4. The molecule has 0 aromatic heterocycles. The molecule has 0 aliphatic rings. The molecule has 1 N–H and O–H groups in total. The Kier molecular flexibility index (Phi) is 10.6. The van der Waals surface area contributed by atoms with Gasteiger partial charge in [0.25, 0.3) is 10.0 Å². The number of amides is 2. The molecular formula is C30H35Cl2N3O4S. The Morgan fingerprint density at radius 2 is 1.57 bits per heavy atom. The van der Waals surface area contributed by atoms with Crippen LogP contribution in [0.3, 0.4) is 0 Å². The van der Waals surface area contributed by atoms with Gasteiger partial charge < -0.3 is 10.2 Å². The lowest BCUT2D eigenvalue weighted by Gasteiger charge is -2.33. The zero-order chi connectivity index (χ0) is 29.6. The van der Waals surface area contributed by atoms with Crippen LogP contribution in [-0.4, -0.2) is 43.8 Å². The minimum absolute atomic E-state index is 0.0363. The normalized spacial score (nSPS) is 12.9. The maximum atomic E-state index is 14.0. The molecule has 0 aliphatic carbocycles. The van der Waals surface area contributed by atoms with Crippen LogP contribution in [0.25, 0.3) is 0 Å². The fraction of sp³-hybridized carbons (Fsp3) is 0.333. The molecule has 2 atom stereocenters. The zero-order valence-corrected chi connectivity index (χ0v) is 25.6. The molecule has 0 radical (unpaired) electrons. The van der Waals surface area contributed by atoms with E-state index in [4.69, 9.17) is 23.2 Å². The maximum absolute atomic E-state index is 14.0. The smallest absolute Gasteiger partial charge is 0.264 e. The van der Waals surface area contributed by atoms with Crippen LogP contribution in [0.1, 0.15) is 43.9 Å². The molecule has 214 valence electrons. The van der Waals surface area contributed by atoms with Crippen molar-refractivity contribution in [1.29, 1.82) is 0 Å². The molecule has 3 rings (SSSR count). The predicted octanol–water partition coefficient (Wildman–Crippen LogP) is 6.14. The number of hydrogen-bond donors (Lipinski definition) is 1. The number of nitrogens with zero attached hydrogens (tertiary/aromatic N) is 2. The number of carbonyl (C=O) groups excluding carboxylic acids is 2. The average molecular weight is 605 g/mol. The van der Waals surface area contributed by atoms with Gasteiger partial charge in [-0.3, -0.25) is 13.9 Å². The number of halogens is 2. The summed E-state index contributed by atoms with van der Waals surface area (Å²) in [6, 6.07) is 17.3. The molecule has 0 fully saturated rings. The van der Waals surface area contributed by atoms with Crippen LogP contribution in [0, 0.1) is 13.8 Å². The van der Waals surface area contributed by atoms with E-state index in [1.54, 1.807) is 62.4 Å². The van der Waals surface area contributed by atoms with E-state index in [2.05, 4.69) is 5.32 Å². The van der Waals surface area contributed by atoms with Crippen LogP contribution in [0.5, 0.6) is 0 Å². The van der Waals surface area contributed by atoms with Crippen molar-refractivity contribution in [1.82, 2.24) is 10.2 Å². The molecule has 2 unspecified atom stereocenters. The van der Waals surface area contributed by atoms with Gasteiger partial charge in [-0.1, -0.05) is 66.0 Å². The second kappa shape index (κ2) is 13.5. The number of sulfonamides is 1. The number of rotatable bonds is 11. The highest BCUT2D eigenvalue weighted by Gasteiger charge is 2.33. The van der Waals surface area contributed by atoms with Crippen molar-refractivity contribution in [2.75, 3.05) is 10.8 Å². The number of anilines is 1. The van der Waals surface area contributed by atoms with Crippen molar-refractivity contribution >= 4 is 50.7 Å². The highest BCUT2D eigenvalue weighted by molar-refractivity contribution is 7.92. The largest absolute Gasteiger partial charge is 0.352 e. The summed E-state index contributed by atoms with van der Waals surface area (Å²) in [7, 11) is -4.18. The Morgan fingerprint density at radius 1 is 0.925 bits per heavy atom. The van der Waals surface area contributed by atoms with E-state index in [0.29, 0.717) is 21.2 Å². The third kappa shape index (κ3) is 7.77. The molecule has 0 saturated carbocycles. The molecule has 0 heterocycles. The summed E-state index contributed by atoms with van der Waals surface area (Å²) in [5, 5.41) is 3.73. The summed E-state index contributed by atoms with van der Waals surface area (Å²) in [4.78, 5) is 28.6. The Balaban J connectivity index is 2.07. The molecule has 40 heavy (non-hydrogen) atoms. The summed E-state index contributed by atoms with van der Waals surface area (Å²) in [5.41, 5.74) is 2.50. The topological polar surface area (TPSA) is 86.8 Å². The minimum atomic E-state index is -4.18. The number of aryl methyl sites for hydroxylation is 2. The Morgan fingerprint density at radius 3 is 2.20 bits per heavy atom. The quantitative estimate of drug-likeness (QED) is 0.285. The van der Waals surface area contributed by atoms with Gasteiger partial charge in [-0.25, -0.2) is 8.42 Å². The molecule has 0 spiro atoms. The van der Waals surface area contributed by atoms with Gasteiger partial charge in [0.05, 0.1) is 10.6 Å². The average Bonchev–Trinajstić information content (AvgIpc) is 2.91. The SMILES string of the molecule is CCC(C)NC(=O)C(C)N(Cc1cccc(Cl)c1)C(=O)CN(c1cc(Cl)ccc1C)S(=O)(=O)c1ccc(C)cc1. The van der Waals surface area contributed by atoms with Crippen LogP contribution in [0.15, 0.2) is 71.6 Å². The molecular weight excluding hydrogens is 569 g/mol. The number of carbonyl (C=O) groups is 2. The first-order chi connectivity index (χ1) is 18.8. The zero-order valence-electron chi connectivity index (χ0n) is 23.3. The van der Waals surface area contributed by atoms with Gasteiger partial charge in [0.2, 0.25) is 11.8 Å². The molecule has 3 aromatic rings. The second-order valence-electron chi connectivity index (χ2n) is 9.90. The Labute approximate surface area is 247 Å². The summed E-state index contributed by atoms with van der Waals surface area (Å²) in [6.07, 6.45) is 0.720. The molecule has 3 aromatic carbocycles. The van der Waals surface area contributed by atoms with Gasteiger partial charge >= 0.3 is 0 Å². The van der Waals surface area contributed by atoms with Gasteiger partial charge in [-0.05, 0) is 81.6 Å². The van der Waals surface area contributed by atoms with Crippen molar-refractivity contribution in [3.63, 3.8) is 0 Å². The monoisotopic (exact) mass is 603 g/mol. The van der Waals surface area contributed by atoms with E-state index in [0.717, 1.165) is 16.3 Å². The van der Waals surface area contributed by atoms with Crippen molar-refractivity contribution in [3.8, 4) is 0 Å².